The molecule has 0 radical (unpaired) electrons. The van der Waals surface area contributed by atoms with Gasteiger partial charge < -0.3 is 15.2 Å². The normalized spacial score (nSPS) is 12.6. The van der Waals surface area contributed by atoms with Crippen LogP contribution in [-0.4, -0.2) is 29.0 Å². The van der Waals surface area contributed by atoms with Gasteiger partial charge in [0.05, 0.1) is 22.2 Å². The van der Waals surface area contributed by atoms with Crippen molar-refractivity contribution in [2.75, 3.05) is 12.4 Å². The van der Waals surface area contributed by atoms with Crippen LogP contribution in [0.1, 0.15) is 24.3 Å². The first-order valence-corrected chi connectivity index (χ1v) is 8.42. The Morgan fingerprint density at radius 2 is 1.86 bits per heavy atom. The molecular weight excluding hydrogens is 416 g/mol. The van der Waals surface area contributed by atoms with Gasteiger partial charge in [-0.2, -0.15) is 0 Å². The van der Waals surface area contributed by atoms with Crippen molar-refractivity contribution in [3.8, 4) is 16.9 Å². The third-order valence-electron chi connectivity index (χ3n) is 3.72. The van der Waals surface area contributed by atoms with E-state index in [1.54, 1.807) is 5.32 Å². The van der Waals surface area contributed by atoms with E-state index in [1.165, 1.54) is 0 Å². The molecule has 11 heteroatoms. The van der Waals surface area contributed by atoms with E-state index in [-0.39, 0.29) is 5.75 Å². The maximum Gasteiger partial charge on any atom is 0.348 e. The molecule has 1 aromatic heterocycles. The molecular formula is C18H10F4N2O4S. The maximum atomic E-state index is 14.7. The number of hydrogen-bond donors (Lipinski definition) is 2. The molecule has 2 aromatic carbocycles. The lowest BCUT2D eigenvalue weighted by Crippen LogP contribution is -2.19. The van der Waals surface area contributed by atoms with Crippen molar-refractivity contribution in [1.82, 2.24) is 4.98 Å². The van der Waals surface area contributed by atoms with Crippen molar-refractivity contribution >= 4 is 28.9 Å². The second kappa shape index (κ2) is 7.87. The van der Waals surface area contributed by atoms with Crippen LogP contribution in [0.15, 0.2) is 29.8 Å². The van der Waals surface area contributed by atoms with Gasteiger partial charge in [-0.25, -0.2) is 27.3 Å². The van der Waals surface area contributed by atoms with E-state index in [4.69, 9.17) is 9.22 Å². The van der Waals surface area contributed by atoms with Gasteiger partial charge in [-0.05, 0) is 17.7 Å². The summed E-state index contributed by atoms with van der Waals surface area (Å²) in [6.45, 7) is 0. The highest BCUT2D eigenvalue weighted by Gasteiger charge is 2.29. The third kappa shape index (κ3) is 3.63. The average Bonchev–Trinajstić information content (AvgIpc) is 3.19. The summed E-state index contributed by atoms with van der Waals surface area (Å²) in [6.07, 6.45) is 0. The quantitative estimate of drug-likeness (QED) is 0.466. The molecule has 6 nitrogen and oxygen atoms in total. The first-order valence-electron chi connectivity index (χ1n) is 9.04. The Balaban J connectivity index is 2.04. The molecule has 0 fully saturated rings. The number of nitrogens with zero attached hydrogens (tertiary/aromatic N) is 1. The highest BCUT2D eigenvalue weighted by Crippen LogP contribution is 2.36. The minimum Gasteiger partial charge on any atom is -0.497 e. The number of methoxy groups -OCH3 is 1. The number of nitrogens with one attached hydrogen (secondary N) is 1. The van der Waals surface area contributed by atoms with Crippen LogP contribution < -0.4 is 10.1 Å². The Hall–Kier alpha value is -3.47. The number of carboxylic acid groups (broad SMARTS) is 1. The zero-order chi connectivity index (χ0) is 23.8. The Morgan fingerprint density at radius 1 is 1.17 bits per heavy atom. The van der Waals surface area contributed by atoms with Crippen molar-refractivity contribution in [2.45, 2.75) is 0 Å². The van der Waals surface area contributed by atoms with Crippen LogP contribution >= 0.6 is 11.3 Å². The van der Waals surface area contributed by atoms with Crippen molar-refractivity contribution in [2.24, 2.45) is 0 Å². The number of carbonyl (C=O) groups is 2. The van der Waals surface area contributed by atoms with Gasteiger partial charge in [-0.15, -0.1) is 11.3 Å². The Kier molecular flexibility index (Phi) is 4.48. The minimum absolute atomic E-state index is 0.343. The Labute approximate surface area is 168 Å². The van der Waals surface area contributed by atoms with Gasteiger partial charge in [0.25, 0.3) is 5.91 Å². The monoisotopic (exact) mass is 429 g/mol. The molecule has 29 heavy (non-hydrogen) atoms. The summed E-state index contributed by atoms with van der Waals surface area (Å²) in [4.78, 5) is 26.2. The smallest absolute Gasteiger partial charge is 0.348 e. The van der Waals surface area contributed by atoms with Crippen LogP contribution in [0.5, 0.6) is 5.75 Å². The molecule has 0 atom stereocenters. The lowest BCUT2D eigenvalue weighted by molar-refractivity contribution is 0.0697. The fourth-order valence-corrected chi connectivity index (χ4v) is 3.06. The summed E-state index contributed by atoms with van der Waals surface area (Å²) in [5.41, 5.74) is -2.82. The summed E-state index contributed by atoms with van der Waals surface area (Å²) in [5.74, 6) is -11.0. The summed E-state index contributed by atoms with van der Waals surface area (Å²) >= 11 is 0.557. The van der Waals surface area contributed by atoms with Gasteiger partial charge in [0.2, 0.25) is 0 Å². The number of ether oxygens (including phenoxy) is 1. The SMILES string of the molecule is [2H]C([2H])([2H])Oc1cccc(-c2c(F)c(F)c(NC(=O)c3ncsc3C(=O)O)c(F)c2F)c1. The summed E-state index contributed by atoms with van der Waals surface area (Å²) in [7, 11) is -2.88. The molecule has 1 amide bonds. The van der Waals surface area contributed by atoms with Crippen LogP contribution in [-0.2, 0) is 0 Å². The summed E-state index contributed by atoms with van der Waals surface area (Å²) in [6, 6.07) is 4.22. The van der Waals surface area contributed by atoms with Crippen molar-refractivity contribution < 1.29 is 41.1 Å². The van der Waals surface area contributed by atoms with Crippen molar-refractivity contribution in [1.29, 1.82) is 0 Å². The number of thiazole rings is 1. The van der Waals surface area contributed by atoms with E-state index in [2.05, 4.69) is 9.72 Å². The highest BCUT2D eigenvalue weighted by molar-refractivity contribution is 7.12. The standard InChI is InChI=1S/C18H10F4N2O4S/c1-28-8-4-2-3-7(5-8)9-10(19)12(21)14(13(22)11(9)20)24-17(25)15-16(18(26)27)29-6-23-15/h2-6H,1H3,(H,24,25)(H,26,27)/i1D3. The fraction of sp³-hybridized carbons (Fsp3) is 0.0556. The first-order chi connectivity index (χ1) is 14.9. The number of anilines is 1. The number of halogens is 4. The Morgan fingerprint density at radius 3 is 2.48 bits per heavy atom. The number of aromatic carboxylic acids is 1. The maximum absolute atomic E-state index is 14.7. The van der Waals surface area contributed by atoms with E-state index in [9.17, 15) is 27.2 Å². The van der Waals surface area contributed by atoms with Gasteiger partial charge in [-0.1, -0.05) is 12.1 Å². The van der Waals surface area contributed by atoms with E-state index < -0.39 is 69.6 Å². The molecule has 3 aromatic rings. The van der Waals surface area contributed by atoms with Crippen LogP contribution in [0.4, 0.5) is 23.2 Å². The Bertz CT molecular complexity index is 1200. The number of amides is 1. The van der Waals surface area contributed by atoms with Gasteiger partial charge in [0, 0.05) is 0 Å². The summed E-state index contributed by atoms with van der Waals surface area (Å²) < 4.78 is 84.2. The zero-order valence-corrected chi connectivity index (χ0v) is 14.7. The van der Waals surface area contributed by atoms with Gasteiger partial charge in [0.15, 0.2) is 29.0 Å². The van der Waals surface area contributed by atoms with Crippen LogP contribution in [0.2, 0.25) is 0 Å². The number of aromatic nitrogens is 1. The van der Waals surface area contributed by atoms with Crippen LogP contribution in [0.25, 0.3) is 11.1 Å². The van der Waals surface area contributed by atoms with E-state index >= 15 is 0 Å². The molecule has 0 bridgehead atoms. The summed E-state index contributed by atoms with van der Waals surface area (Å²) in [5, 5.41) is 10.6. The molecule has 0 aliphatic rings. The molecule has 0 aliphatic heterocycles. The van der Waals surface area contributed by atoms with Crippen LogP contribution in [0, 0.1) is 23.3 Å². The van der Waals surface area contributed by atoms with Gasteiger partial charge in [0.1, 0.15) is 16.3 Å². The van der Waals surface area contributed by atoms with Gasteiger partial charge in [-0.3, -0.25) is 4.79 Å². The third-order valence-corrected chi connectivity index (χ3v) is 4.53. The number of benzene rings is 2. The predicted molar refractivity (Wildman–Crippen MR) is 95.3 cm³/mol. The van der Waals surface area contributed by atoms with Crippen molar-refractivity contribution in [3.63, 3.8) is 0 Å². The van der Waals surface area contributed by atoms with E-state index in [0.29, 0.717) is 11.3 Å². The molecule has 0 saturated carbocycles. The molecule has 0 spiro atoms. The number of rotatable bonds is 5. The molecule has 150 valence electrons. The van der Waals surface area contributed by atoms with E-state index in [1.807, 2.05) is 0 Å². The van der Waals surface area contributed by atoms with Gasteiger partial charge >= 0.3 is 5.97 Å². The average molecular weight is 429 g/mol. The first kappa shape index (κ1) is 16.5. The van der Waals surface area contributed by atoms with Crippen LogP contribution in [0.3, 0.4) is 0 Å². The second-order valence-electron chi connectivity index (χ2n) is 5.43. The van der Waals surface area contributed by atoms with E-state index in [0.717, 1.165) is 29.8 Å². The largest absolute Gasteiger partial charge is 0.497 e. The molecule has 2 N–H and O–H groups in total. The zero-order valence-electron chi connectivity index (χ0n) is 16.9. The minimum atomic E-state index is -2.88. The highest BCUT2D eigenvalue weighted by atomic mass is 32.1. The second-order valence-corrected chi connectivity index (χ2v) is 6.28. The molecule has 0 saturated heterocycles. The lowest BCUT2D eigenvalue weighted by Gasteiger charge is -2.13. The number of carboxylic acids is 1. The molecule has 0 unspecified atom stereocenters. The fourth-order valence-electron chi connectivity index (χ4n) is 2.44. The van der Waals surface area contributed by atoms with Crippen molar-refractivity contribution in [3.05, 3.63) is 63.6 Å². The number of hydrogen-bond acceptors (Lipinski definition) is 5. The number of carbonyl (C=O) groups excluding carboxylic acids is 1. The topological polar surface area (TPSA) is 88.5 Å². The predicted octanol–water partition coefficient (Wildman–Crippen LogP) is 4.33. The molecule has 1 heterocycles. The molecule has 0 aliphatic carbocycles. The lowest BCUT2D eigenvalue weighted by atomic mass is 10.0. The molecule has 3 rings (SSSR count).